The van der Waals surface area contributed by atoms with E-state index in [0.29, 0.717) is 11.6 Å². The van der Waals surface area contributed by atoms with Crippen LogP contribution in [0.5, 0.6) is 5.75 Å². The summed E-state index contributed by atoms with van der Waals surface area (Å²) in [6.07, 6.45) is 0. The molecular weight excluding hydrogens is 466 g/mol. The summed E-state index contributed by atoms with van der Waals surface area (Å²) in [5.74, 6) is 0.253. The Balaban J connectivity index is 1.95. The number of aromatic nitrogens is 2. The third kappa shape index (κ3) is 4.86. The molecule has 0 aliphatic heterocycles. The number of phenols is 1. The molecule has 0 aliphatic rings. The lowest BCUT2D eigenvalue weighted by Gasteiger charge is -2.31. The Bertz CT molecular complexity index is 1170. The average Bonchev–Trinajstić information content (AvgIpc) is 3.21. The summed E-state index contributed by atoms with van der Waals surface area (Å²) in [7, 11) is -4.22. The normalized spacial score (nSPS) is 13.3. The third-order valence-corrected chi connectivity index (χ3v) is 7.31. The SMILES string of the molecule is Cc1ccc([C@H](Nc2nsnc2Nc2ccc(Cl)c(S(N)(=O)=O)c2O)C(C)(C)C)s1. The van der Waals surface area contributed by atoms with Crippen molar-refractivity contribution in [1.82, 2.24) is 8.75 Å². The van der Waals surface area contributed by atoms with Gasteiger partial charge in [-0.25, -0.2) is 13.6 Å². The molecule has 0 amide bonds. The van der Waals surface area contributed by atoms with Crippen LogP contribution < -0.4 is 15.8 Å². The van der Waals surface area contributed by atoms with Crippen molar-refractivity contribution in [2.75, 3.05) is 10.6 Å². The summed E-state index contributed by atoms with van der Waals surface area (Å²) in [6.45, 7) is 8.42. The maximum Gasteiger partial charge on any atom is 0.243 e. The first-order valence-electron chi connectivity index (χ1n) is 8.84. The van der Waals surface area contributed by atoms with E-state index in [1.54, 1.807) is 11.3 Å². The summed E-state index contributed by atoms with van der Waals surface area (Å²) in [5, 5.41) is 21.8. The number of nitrogens with one attached hydrogen (secondary N) is 2. The highest BCUT2D eigenvalue weighted by Crippen LogP contribution is 2.42. The number of phenolic OH excluding ortho intramolecular Hbond substituents is 1. The van der Waals surface area contributed by atoms with Crippen LogP contribution in [-0.4, -0.2) is 22.3 Å². The zero-order chi connectivity index (χ0) is 22.3. The first-order chi connectivity index (χ1) is 13.9. The number of aromatic hydroxyl groups is 1. The first kappa shape index (κ1) is 22.8. The second-order valence-corrected chi connectivity index (χ2v) is 11.5. The number of anilines is 3. The minimum atomic E-state index is -4.22. The Morgan fingerprint density at radius 3 is 2.40 bits per heavy atom. The Labute approximate surface area is 188 Å². The zero-order valence-corrected chi connectivity index (χ0v) is 19.9. The Hall–Kier alpha value is -1.92. The van der Waals surface area contributed by atoms with Gasteiger partial charge in [0.2, 0.25) is 10.0 Å². The van der Waals surface area contributed by atoms with Crippen molar-refractivity contribution in [3.05, 3.63) is 39.0 Å². The summed E-state index contributed by atoms with van der Waals surface area (Å²) >= 11 is 8.59. The smallest absolute Gasteiger partial charge is 0.243 e. The highest BCUT2D eigenvalue weighted by molar-refractivity contribution is 7.89. The highest BCUT2D eigenvalue weighted by atomic mass is 35.5. The fraction of sp³-hybridized carbons (Fsp3) is 0.333. The van der Waals surface area contributed by atoms with Crippen molar-refractivity contribution in [3.8, 4) is 5.75 Å². The van der Waals surface area contributed by atoms with Crippen LogP contribution in [0.1, 0.15) is 36.6 Å². The maximum absolute atomic E-state index is 11.8. The molecule has 8 nitrogen and oxygen atoms in total. The molecule has 30 heavy (non-hydrogen) atoms. The molecule has 3 aromatic rings. The fourth-order valence-corrected chi connectivity index (χ4v) is 5.71. The molecule has 12 heteroatoms. The second kappa shape index (κ2) is 8.31. The van der Waals surface area contributed by atoms with Gasteiger partial charge in [-0.15, -0.1) is 11.3 Å². The number of hydrogen-bond acceptors (Lipinski definition) is 9. The Kier molecular flexibility index (Phi) is 6.30. The van der Waals surface area contributed by atoms with E-state index in [2.05, 4.69) is 59.2 Å². The third-order valence-electron chi connectivity index (χ3n) is 4.30. The van der Waals surface area contributed by atoms with Gasteiger partial charge in [-0.1, -0.05) is 32.4 Å². The lowest BCUT2D eigenvalue weighted by atomic mass is 9.86. The molecule has 0 unspecified atom stereocenters. The minimum Gasteiger partial charge on any atom is -0.504 e. The molecule has 162 valence electrons. The molecule has 0 radical (unpaired) electrons. The van der Waals surface area contributed by atoms with Gasteiger partial charge in [0.15, 0.2) is 17.4 Å². The monoisotopic (exact) mass is 487 g/mol. The van der Waals surface area contributed by atoms with Crippen molar-refractivity contribution in [1.29, 1.82) is 0 Å². The number of primary sulfonamides is 1. The Morgan fingerprint density at radius 2 is 1.83 bits per heavy atom. The molecule has 0 spiro atoms. The maximum atomic E-state index is 11.8. The van der Waals surface area contributed by atoms with Gasteiger partial charge in [0.1, 0.15) is 4.90 Å². The molecule has 0 bridgehead atoms. The van der Waals surface area contributed by atoms with Crippen LogP contribution in [0.2, 0.25) is 5.02 Å². The van der Waals surface area contributed by atoms with Crippen LogP contribution in [0.4, 0.5) is 17.3 Å². The zero-order valence-electron chi connectivity index (χ0n) is 16.7. The van der Waals surface area contributed by atoms with Crippen molar-refractivity contribution < 1.29 is 13.5 Å². The van der Waals surface area contributed by atoms with E-state index in [9.17, 15) is 13.5 Å². The molecule has 5 N–H and O–H groups in total. The molecule has 0 aliphatic carbocycles. The number of aryl methyl sites for hydroxylation is 1. The lowest BCUT2D eigenvalue weighted by Crippen LogP contribution is -2.25. The van der Waals surface area contributed by atoms with Crippen LogP contribution in [0.25, 0.3) is 0 Å². The summed E-state index contributed by atoms with van der Waals surface area (Å²) < 4.78 is 32.1. The quantitative estimate of drug-likeness (QED) is 0.365. The minimum absolute atomic E-state index is 0.0422. The van der Waals surface area contributed by atoms with E-state index in [0.717, 1.165) is 16.6 Å². The van der Waals surface area contributed by atoms with Crippen molar-refractivity contribution in [2.24, 2.45) is 10.6 Å². The number of nitrogens with zero attached hydrogens (tertiary/aromatic N) is 2. The number of hydrogen-bond donors (Lipinski definition) is 4. The number of thiophene rings is 1. The fourth-order valence-electron chi connectivity index (χ4n) is 2.87. The molecule has 1 atom stereocenters. The Morgan fingerprint density at radius 1 is 1.17 bits per heavy atom. The topological polar surface area (TPSA) is 130 Å². The van der Waals surface area contributed by atoms with Gasteiger partial charge < -0.3 is 15.7 Å². The van der Waals surface area contributed by atoms with Gasteiger partial charge in [-0.05, 0) is 36.6 Å². The van der Waals surface area contributed by atoms with Gasteiger partial charge in [0, 0.05) is 9.75 Å². The van der Waals surface area contributed by atoms with Gasteiger partial charge >= 0.3 is 0 Å². The summed E-state index contributed by atoms with van der Waals surface area (Å²) in [4.78, 5) is 1.82. The summed E-state index contributed by atoms with van der Waals surface area (Å²) in [5.41, 5.74) is -0.0278. The van der Waals surface area contributed by atoms with Crippen molar-refractivity contribution >= 4 is 62.0 Å². The van der Waals surface area contributed by atoms with E-state index in [4.69, 9.17) is 16.7 Å². The number of sulfonamides is 1. The van der Waals surface area contributed by atoms with Gasteiger partial charge in [-0.3, -0.25) is 0 Å². The van der Waals surface area contributed by atoms with Gasteiger partial charge in [0.05, 0.1) is 28.5 Å². The van der Waals surface area contributed by atoms with E-state index < -0.39 is 20.7 Å². The molecule has 1 aromatic carbocycles. The predicted octanol–water partition coefficient (Wildman–Crippen LogP) is 4.86. The molecule has 2 aromatic heterocycles. The van der Waals surface area contributed by atoms with Crippen molar-refractivity contribution in [3.63, 3.8) is 0 Å². The molecule has 2 heterocycles. The highest BCUT2D eigenvalue weighted by Gasteiger charge is 2.29. The van der Waals surface area contributed by atoms with Crippen LogP contribution in [0.15, 0.2) is 29.2 Å². The number of nitrogens with two attached hydrogens (primary N) is 1. The largest absolute Gasteiger partial charge is 0.504 e. The van der Waals surface area contributed by atoms with Crippen LogP contribution >= 0.6 is 34.7 Å². The molecular formula is C18H22ClN5O3S3. The lowest BCUT2D eigenvalue weighted by molar-refractivity contribution is 0.351. The summed E-state index contributed by atoms with van der Waals surface area (Å²) in [6, 6.07) is 6.89. The van der Waals surface area contributed by atoms with E-state index in [1.165, 1.54) is 17.0 Å². The van der Waals surface area contributed by atoms with Crippen molar-refractivity contribution in [2.45, 2.75) is 38.6 Å². The molecule has 0 saturated carbocycles. The first-order valence-corrected chi connectivity index (χ1v) is 12.3. The standard InChI is InChI=1S/C18H22ClN5O3S3/c1-9-5-8-12(28-9)15(18(2,3)4)22-17-16(23-29-24-17)21-11-7-6-10(19)14(13(11)25)30(20,26)27/h5-8,15,25H,1-4H3,(H,21,23)(H,22,24)(H2,20,26,27)/t15-/m0/s1. The van der Waals surface area contributed by atoms with Gasteiger partial charge in [-0.2, -0.15) is 8.75 Å². The number of rotatable bonds is 6. The number of benzene rings is 1. The predicted molar refractivity (Wildman–Crippen MR) is 123 cm³/mol. The van der Waals surface area contributed by atoms with E-state index >= 15 is 0 Å². The number of halogens is 1. The van der Waals surface area contributed by atoms with E-state index in [1.807, 2.05) is 0 Å². The van der Waals surface area contributed by atoms with Crippen LogP contribution in [0.3, 0.4) is 0 Å². The molecule has 0 fully saturated rings. The molecule has 3 rings (SSSR count). The van der Waals surface area contributed by atoms with Crippen LogP contribution in [0, 0.1) is 12.3 Å². The van der Waals surface area contributed by atoms with E-state index in [-0.39, 0.29) is 22.2 Å². The van der Waals surface area contributed by atoms with Gasteiger partial charge in [0.25, 0.3) is 0 Å². The second-order valence-electron chi connectivity index (χ2n) is 7.80. The van der Waals surface area contributed by atoms with Crippen LogP contribution in [-0.2, 0) is 10.0 Å². The molecule has 0 saturated heterocycles. The average molecular weight is 488 g/mol.